The molecular formula is C13H21N3O. The van der Waals surface area contributed by atoms with Gasteiger partial charge in [-0.1, -0.05) is 6.92 Å². The van der Waals surface area contributed by atoms with E-state index in [-0.39, 0.29) is 0 Å². The first-order chi connectivity index (χ1) is 8.11. The lowest BCUT2D eigenvalue weighted by atomic mass is 10.1. The number of nitrogens with one attached hydrogen (secondary N) is 1. The number of hydrogen-bond donors (Lipinski definition) is 2. The Kier molecular flexibility index (Phi) is 3.52. The van der Waals surface area contributed by atoms with Crippen molar-refractivity contribution >= 4 is 11.4 Å². The molecule has 1 aliphatic rings. The van der Waals surface area contributed by atoms with Gasteiger partial charge in [0.1, 0.15) is 0 Å². The Morgan fingerprint density at radius 1 is 1.53 bits per heavy atom. The molecule has 17 heavy (non-hydrogen) atoms. The van der Waals surface area contributed by atoms with Gasteiger partial charge in [-0.3, -0.25) is 4.98 Å². The van der Waals surface area contributed by atoms with E-state index in [4.69, 9.17) is 0 Å². The highest BCUT2D eigenvalue weighted by Crippen LogP contribution is 2.27. The number of rotatable bonds is 4. The molecule has 4 heteroatoms. The Morgan fingerprint density at radius 2 is 2.35 bits per heavy atom. The molecule has 2 heterocycles. The number of aliphatic hydroxyl groups is 1. The van der Waals surface area contributed by atoms with Crippen LogP contribution in [0.4, 0.5) is 11.4 Å². The molecular weight excluding hydrogens is 214 g/mol. The first-order valence-electron chi connectivity index (χ1n) is 6.27. The van der Waals surface area contributed by atoms with Crippen molar-refractivity contribution in [2.24, 2.45) is 0 Å². The van der Waals surface area contributed by atoms with Gasteiger partial charge < -0.3 is 15.3 Å². The fourth-order valence-corrected chi connectivity index (χ4v) is 2.13. The predicted octanol–water partition coefficient (Wildman–Crippen LogP) is 1.86. The van der Waals surface area contributed by atoms with E-state index in [1.54, 1.807) is 0 Å². The van der Waals surface area contributed by atoms with Gasteiger partial charge in [0.2, 0.25) is 0 Å². The summed E-state index contributed by atoms with van der Waals surface area (Å²) >= 11 is 0. The van der Waals surface area contributed by atoms with Crippen molar-refractivity contribution in [3.63, 3.8) is 0 Å². The molecule has 1 aliphatic heterocycles. The molecule has 2 rings (SSSR count). The fraction of sp³-hybridized carbons (Fsp3) is 0.615. The van der Waals surface area contributed by atoms with E-state index in [1.165, 1.54) is 0 Å². The predicted molar refractivity (Wildman–Crippen MR) is 70.5 cm³/mol. The zero-order valence-corrected chi connectivity index (χ0v) is 10.6. The van der Waals surface area contributed by atoms with Crippen molar-refractivity contribution in [2.75, 3.05) is 29.9 Å². The highest BCUT2D eigenvalue weighted by Gasteiger charge is 2.31. The normalized spacial score (nSPS) is 24.1. The van der Waals surface area contributed by atoms with E-state index in [2.05, 4.69) is 28.2 Å². The quantitative estimate of drug-likeness (QED) is 0.836. The van der Waals surface area contributed by atoms with Gasteiger partial charge in [0.25, 0.3) is 0 Å². The molecule has 0 aliphatic carbocycles. The second kappa shape index (κ2) is 4.92. The highest BCUT2D eigenvalue weighted by molar-refractivity contribution is 5.56. The molecule has 94 valence electrons. The molecule has 0 saturated carbocycles. The molecule has 0 bridgehead atoms. The van der Waals surface area contributed by atoms with Crippen LogP contribution in [0.1, 0.15) is 26.7 Å². The summed E-state index contributed by atoms with van der Waals surface area (Å²) in [7, 11) is 0. The van der Waals surface area contributed by atoms with Crippen molar-refractivity contribution in [3.8, 4) is 0 Å². The van der Waals surface area contributed by atoms with Crippen molar-refractivity contribution in [2.45, 2.75) is 32.3 Å². The molecule has 0 radical (unpaired) electrons. The number of aromatic nitrogens is 1. The summed E-state index contributed by atoms with van der Waals surface area (Å²) in [5.74, 6) is 0. The van der Waals surface area contributed by atoms with Crippen LogP contribution < -0.4 is 10.2 Å². The molecule has 1 aromatic rings. The Hall–Kier alpha value is -1.29. The minimum atomic E-state index is -0.563. The van der Waals surface area contributed by atoms with Gasteiger partial charge in [0, 0.05) is 19.6 Å². The van der Waals surface area contributed by atoms with Crippen LogP contribution in [-0.4, -0.2) is 35.3 Å². The fourth-order valence-electron chi connectivity index (χ4n) is 2.13. The standard InChI is InChI=1S/C13H21N3O/c1-3-5-15-11-7-12(9-14-8-11)16-6-4-13(2,17)10-16/h7-9,15,17H,3-6,10H2,1-2H3. The molecule has 0 spiro atoms. The maximum Gasteiger partial charge on any atom is 0.0810 e. The molecule has 1 aromatic heterocycles. The van der Waals surface area contributed by atoms with E-state index in [9.17, 15) is 5.11 Å². The summed E-state index contributed by atoms with van der Waals surface area (Å²) in [6.45, 7) is 6.57. The molecule has 0 amide bonds. The summed E-state index contributed by atoms with van der Waals surface area (Å²) in [6.07, 6.45) is 5.62. The van der Waals surface area contributed by atoms with Gasteiger partial charge in [-0.25, -0.2) is 0 Å². The topological polar surface area (TPSA) is 48.4 Å². The molecule has 1 fully saturated rings. The van der Waals surface area contributed by atoms with Crippen molar-refractivity contribution in [3.05, 3.63) is 18.5 Å². The van der Waals surface area contributed by atoms with Crippen LogP contribution in [0.5, 0.6) is 0 Å². The third-order valence-electron chi connectivity index (χ3n) is 3.12. The lowest BCUT2D eigenvalue weighted by Crippen LogP contribution is -2.29. The summed E-state index contributed by atoms with van der Waals surface area (Å²) < 4.78 is 0. The van der Waals surface area contributed by atoms with Gasteiger partial charge in [-0.15, -0.1) is 0 Å². The van der Waals surface area contributed by atoms with Gasteiger partial charge in [-0.05, 0) is 25.8 Å². The van der Waals surface area contributed by atoms with E-state index >= 15 is 0 Å². The van der Waals surface area contributed by atoms with Crippen LogP contribution in [0, 0.1) is 0 Å². The number of anilines is 2. The second-order valence-electron chi connectivity index (χ2n) is 5.03. The third kappa shape index (κ3) is 3.09. The molecule has 1 atom stereocenters. The minimum absolute atomic E-state index is 0.563. The minimum Gasteiger partial charge on any atom is -0.388 e. The summed E-state index contributed by atoms with van der Waals surface area (Å²) in [6, 6.07) is 2.10. The smallest absolute Gasteiger partial charge is 0.0810 e. The Bertz CT molecular complexity index is 379. The van der Waals surface area contributed by atoms with E-state index < -0.39 is 5.60 Å². The van der Waals surface area contributed by atoms with E-state index in [0.717, 1.165) is 37.3 Å². The number of pyridine rings is 1. The van der Waals surface area contributed by atoms with Crippen LogP contribution >= 0.6 is 0 Å². The Labute approximate surface area is 103 Å². The lowest BCUT2D eigenvalue weighted by molar-refractivity contribution is 0.0839. The van der Waals surface area contributed by atoms with Gasteiger partial charge in [0.15, 0.2) is 0 Å². The van der Waals surface area contributed by atoms with Crippen LogP contribution in [-0.2, 0) is 0 Å². The maximum absolute atomic E-state index is 9.96. The first kappa shape index (κ1) is 12.2. The van der Waals surface area contributed by atoms with Crippen LogP contribution in [0.3, 0.4) is 0 Å². The lowest BCUT2D eigenvalue weighted by Gasteiger charge is -2.21. The van der Waals surface area contributed by atoms with Crippen LogP contribution in [0.25, 0.3) is 0 Å². The highest BCUT2D eigenvalue weighted by atomic mass is 16.3. The molecule has 4 nitrogen and oxygen atoms in total. The van der Waals surface area contributed by atoms with E-state index in [1.807, 2.05) is 19.3 Å². The number of β-amino-alcohol motifs (C(OH)–C–C–N with tert-alkyl or cyclic N) is 1. The number of hydrogen-bond acceptors (Lipinski definition) is 4. The Balaban J connectivity index is 2.06. The summed E-state index contributed by atoms with van der Waals surface area (Å²) in [4.78, 5) is 6.43. The monoisotopic (exact) mass is 235 g/mol. The summed E-state index contributed by atoms with van der Waals surface area (Å²) in [5.41, 5.74) is 1.58. The van der Waals surface area contributed by atoms with Crippen LogP contribution in [0.2, 0.25) is 0 Å². The van der Waals surface area contributed by atoms with Crippen molar-refractivity contribution in [1.29, 1.82) is 0 Å². The van der Waals surface area contributed by atoms with E-state index in [0.29, 0.717) is 6.54 Å². The van der Waals surface area contributed by atoms with Gasteiger partial charge in [-0.2, -0.15) is 0 Å². The third-order valence-corrected chi connectivity index (χ3v) is 3.12. The van der Waals surface area contributed by atoms with Crippen molar-refractivity contribution in [1.82, 2.24) is 4.98 Å². The average molecular weight is 235 g/mol. The molecule has 1 saturated heterocycles. The number of nitrogens with zero attached hydrogens (tertiary/aromatic N) is 2. The maximum atomic E-state index is 9.96. The van der Waals surface area contributed by atoms with Crippen molar-refractivity contribution < 1.29 is 5.11 Å². The first-order valence-corrected chi connectivity index (χ1v) is 6.27. The van der Waals surface area contributed by atoms with Gasteiger partial charge in [0.05, 0.1) is 29.4 Å². The van der Waals surface area contributed by atoms with Crippen LogP contribution in [0.15, 0.2) is 18.5 Å². The zero-order chi connectivity index (χ0) is 12.3. The second-order valence-corrected chi connectivity index (χ2v) is 5.03. The zero-order valence-electron chi connectivity index (χ0n) is 10.6. The molecule has 2 N–H and O–H groups in total. The molecule has 1 unspecified atom stereocenters. The summed E-state index contributed by atoms with van der Waals surface area (Å²) in [5, 5.41) is 13.3. The Morgan fingerprint density at radius 3 is 3.00 bits per heavy atom. The van der Waals surface area contributed by atoms with Gasteiger partial charge >= 0.3 is 0 Å². The molecule has 0 aromatic carbocycles. The SMILES string of the molecule is CCCNc1cncc(N2CCC(C)(O)C2)c1. The average Bonchev–Trinajstić information content (AvgIpc) is 2.67. The largest absolute Gasteiger partial charge is 0.388 e.